The van der Waals surface area contributed by atoms with Gasteiger partial charge in [0.15, 0.2) is 0 Å². The van der Waals surface area contributed by atoms with Gasteiger partial charge in [-0.05, 0) is 37.1 Å². The first-order chi connectivity index (χ1) is 10.4. The van der Waals surface area contributed by atoms with E-state index in [1.165, 1.54) is 37.3 Å². The van der Waals surface area contributed by atoms with Gasteiger partial charge in [0.25, 0.3) is 0 Å². The summed E-state index contributed by atoms with van der Waals surface area (Å²) in [5, 5.41) is 3.49. The first-order valence-corrected chi connectivity index (χ1v) is 7.69. The molecule has 0 amide bonds. The van der Waals surface area contributed by atoms with E-state index in [0.717, 1.165) is 12.3 Å². The highest BCUT2D eigenvalue weighted by Gasteiger charge is 2.14. The molecule has 2 aromatic carbocycles. The van der Waals surface area contributed by atoms with Crippen molar-refractivity contribution in [1.29, 1.82) is 0 Å². The minimum atomic E-state index is 0.665. The lowest BCUT2D eigenvalue weighted by molar-refractivity contribution is 0.333. The SMILES string of the molecule is c1ccc(OCCNc2ccccc2N2CCCC2)cc1. The van der Waals surface area contributed by atoms with Gasteiger partial charge < -0.3 is 15.0 Å². The zero-order chi connectivity index (χ0) is 14.3. The van der Waals surface area contributed by atoms with Gasteiger partial charge in [-0.15, -0.1) is 0 Å². The molecule has 0 radical (unpaired) electrons. The number of hydrogen-bond acceptors (Lipinski definition) is 3. The molecular weight excluding hydrogens is 260 g/mol. The second-order valence-electron chi connectivity index (χ2n) is 5.30. The van der Waals surface area contributed by atoms with Crippen molar-refractivity contribution in [1.82, 2.24) is 0 Å². The number of hydrogen-bond donors (Lipinski definition) is 1. The summed E-state index contributed by atoms with van der Waals surface area (Å²) in [7, 11) is 0. The third kappa shape index (κ3) is 3.69. The molecule has 1 aliphatic heterocycles. The van der Waals surface area contributed by atoms with Gasteiger partial charge in [0.05, 0.1) is 11.4 Å². The van der Waals surface area contributed by atoms with Crippen molar-refractivity contribution in [3.8, 4) is 5.75 Å². The zero-order valence-corrected chi connectivity index (χ0v) is 12.3. The largest absolute Gasteiger partial charge is 0.492 e. The Morgan fingerprint density at radius 1 is 0.905 bits per heavy atom. The molecule has 1 N–H and O–H groups in total. The lowest BCUT2D eigenvalue weighted by Gasteiger charge is -2.22. The van der Waals surface area contributed by atoms with Crippen LogP contribution in [0.2, 0.25) is 0 Å². The second-order valence-corrected chi connectivity index (χ2v) is 5.30. The molecule has 0 saturated carbocycles. The molecule has 1 heterocycles. The first-order valence-electron chi connectivity index (χ1n) is 7.69. The predicted molar refractivity (Wildman–Crippen MR) is 88.3 cm³/mol. The average Bonchev–Trinajstić information content (AvgIpc) is 3.07. The minimum absolute atomic E-state index is 0.665. The molecule has 1 aliphatic rings. The van der Waals surface area contributed by atoms with Crippen LogP contribution in [0.1, 0.15) is 12.8 Å². The predicted octanol–water partition coefficient (Wildman–Crippen LogP) is 3.78. The van der Waals surface area contributed by atoms with Crippen molar-refractivity contribution in [2.24, 2.45) is 0 Å². The van der Waals surface area contributed by atoms with Gasteiger partial charge in [-0.2, -0.15) is 0 Å². The monoisotopic (exact) mass is 282 g/mol. The number of nitrogens with one attached hydrogen (secondary N) is 1. The summed E-state index contributed by atoms with van der Waals surface area (Å²) in [6.07, 6.45) is 2.59. The van der Waals surface area contributed by atoms with Crippen molar-refractivity contribution in [2.75, 3.05) is 36.5 Å². The Kier molecular flexibility index (Phi) is 4.62. The number of ether oxygens (including phenoxy) is 1. The van der Waals surface area contributed by atoms with Crippen LogP contribution in [0, 0.1) is 0 Å². The molecule has 0 spiro atoms. The Balaban J connectivity index is 1.53. The maximum absolute atomic E-state index is 5.72. The van der Waals surface area contributed by atoms with E-state index >= 15 is 0 Å². The van der Waals surface area contributed by atoms with Crippen molar-refractivity contribution >= 4 is 11.4 Å². The van der Waals surface area contributed by atoms with E-state index in [4.69, 9.17) is 4.74 Å². The van der Waals surface area contributed by atoms with Crippen LogP contribution in [0.3, 0.4) is 0 Å². The van der Waals surface area contributed by atoms with Crippen LogP contribution in [-0.2, 0) is 0 Å². The zero-order valence-electron chi connectivity index (χ0n) is 12.3. The molecular formula is C18H22N2O. The Labute approximate surface area is 126 Å². The third-order valence-electron chi connectivity index (χ3n) is 3.78. The van der Waals surface area contributed by atoms with Gasteiger partial charge in [-0.25, -0.2) is 0 Å². The highest BCUT2D eigenvalue weighted by molar-refractivity contribution is 5.70. The molecule has 0 aromatic heterocycles. The van der Waals surface area contributed by atoms with Crippen LogP contribution < -0.4 is 15.0 Å². The fourth-order valence-electron chi connectivity index (χ4n) is 2.73. The Morgan fingerprint density at radius 2 is 1.62 bits per heavy atom. The summed E-state index contributed by atoms with van der Waals surface area (Å²) < 4.78 is 5.72. The number of benzene rings is 2. The highest BCUT2D eigenvalue weighted by atomic mass is 16.5. The molecule has 3 heteroatoms. The standard InChI is InChI=1S/C18H22N2O/c1-2-8-16(9-3-1)21-15-12-19-17-10-4-5-11-18(17)20-13-6-7-14-20/h1-5,8-11,19H,6-7,12-15H2. The topological polar surface area (TPSA) is 24.5 Å². The van der Waals surface area contributed by atoms with Crippen LogP contribution >= 0.6 is 0 Å². The Morgan fingerprint density at radius 3 is 2.43 bits per heavy atom. The summed E-state index contributed by atoms with van der Waals surface area (Å²) in [6.45, 7) is 3.80. The lowest BCUT2D eigenvalue weighted by atomic mass is 10.2. The quantitative estimate of drug-likeness (QED) is 0.816. The molecule has 21 heavy (non-hydrogen) atoms. The van der Waals surface area contributed by atoms with E-state index in [2.05, 4.69) is 34.5 Å². The van der Waals surface area contributed by atoms with Crippen molar-refractivity contribution in [2.45, 2.75) is 12.8 Å². The number of nitrogens with zero attached hydrogens (tertiary/aromatic N) is 1. The first kappa shape index (κ1) is 13.8. The van der Waals surface area contributed by atoms with Crippen LogP contribution in [0.25, 0.3) is 0 Å². The molecule has 3 nitrogen and oxygen atoms in total. The number of para-hydroxylation sites is 3. The number of rotatable bonds is 6. The molecule has 110 valence electrons. The molecule has 1 fully saturated rings. The maximum Gasteiger partial charge on any atom is 0.119 e. The number of anilines is 2. The van der Waals surface area contributed by atoms with Gasteiger partial charge in [0.1, 0.15) is 12.4 Å². The summed E-state index contributed by atoms with van der Waals surface area (Å²) in [5.74, 6) is 0.923. The molecule has 0 aliphatic carbocycles. The molecule has 0 atom stereocenters. The van der Waals surface area contributed by atoms with E-state index in [-0.39, 0.29) is 0 Å². The normalized spacial score (nSPS) is 14.2. The summed E-state index contributed by atoms with van der Waals surface area (Å²) in [6, 6.07) is 18.5. The fourth-order valence-corrected chi connectivity index (χ4v) is 2.73. The van der Waals surface area contributed by atoms with E-state index < -0.39 is 0 Å². The van der Waals surface area contributed by atoms with Gasteiger partial charge in [0.2, 0.25) is 0 Å². The van der Waals surface area contributed by atoms with Crippen molar-refractivity contribution < 1.29 is 4.74 Å². The molecule has 0 unspecified atom stereocenters. The smallest absolute Gasteiger partial charge is 0.119 e. The summed E-state index contributed by atoms with van der Waals surface area (Å²) in [5.41, 5.74) is 2.52. The third-order valence-corrected chi connectivity index (χ3v) is 3.78. The van der Waals surface area contributed by atoms with Gasteiger partial charge in [0, 0.05) is 19.6 Å². The highest BCUT2D eigenvalue weighted by Crippen LogP contribution is 2.28. The van der Waals surface area contributed by atoms with Crippen LogP contribution in [0.15, 0.2) is 54.6 Å². The lowest BCUT2D eigenvalue weighted by Crippen LogP contribution is -2.20. The van der Waals surface area contributed by atoms with Gasteiger partial charge >= 0.3 is 0 Å². The summed E-state index contributed by atoms with van der Waals surface area (Å²) in [4.78, 5) is 2.46. The van der Waals surface area contributed by atoms with Crippen LogP contribution in [0.5, 0.6) is 5.75 Å². The van der Waals surface area contributed by atoms with E-state index in [9.17, 15) is 0 Å². The molecule has 0 bridgehead atoms. The van der Waals surface area contributed by atoms with Crippen LogP contribution in [0.4, 0.5) is 11.4 Å². The van der Waals surface area contributed by atoms with Gasteiger partial charge in [-0.3, -0.25) is 0 Å². The van der Waals surface area contributed by atoms with E-state index in [1.54, 1.807) is 0 Å². The van der Waals surface area contributed by atoms with Crippen molar-refractivity contribution in [3.05, 3.63) is 54.6 Å². The van der Waals surface area contributed by atoms with Crippen LogP contribution in [-0.4, -0.2) is 26.2 Å². The summed E-state index contributed by atoms with van der Waals surface area (Å²) >= 11 is 0. The van der Waals surface area contributed by atoms with Gasteiger partial charge in [-0.1, -0.05) is 30.3 Å². The van der Waals surface area contributed by atoms with Crippen molar-refractivity contribution in [3.63, 3.8) is 0 Å². The van der Waals surface area contributed by atoms with E-state index in [0.29, 0.717) is 6.61 Å². The fraction of sp³-hybridized carbons (Fsp3) is 0.333. The maximum atomic E-state index is 5.72. The minimum Gasteiger partial charge on any atom is -0.492 e. The second kappa shape index (κ2) is 7.02. The molecule has 2 aromatic rings. The molecule has 1 saturated heterocycles. The Hall–Kier alpha value is -2.16. The Bertz CT molecular complexity index is 550. The van der Waals surface area contributed by atoms with E-state index in [1.807, 2.05) is 30.3 Å². The molecule has 3 rings (SSSR count). The average molecular weight is 282 g/mol.